The molecular formula is C40H36N2O5. The number of rotatable bonds is 8. The number of fused-ring (bicyclic) bond motifs is 1. The lowest BCUT2D eigenvalue weighted by atomic mass is 9.78. The molecule has 0 fully saturated rings. The Hall–Kier alpha value is -5.69. The zero-order valence-electron chi connectivity index (χ0n) is 27.3. The number of anilines is 1. The Morgan fingerprint density at radius 2 is 1.11 bits per heavy atom. The van der Waals surface area contributed by atoms with E-state index in [0.717, 1.165) is 22.3 Å². The van der Waals surface area contributed by atoms with E-state index < -0.39 is 0 Å². The maximum Gasteiger partial charge on any atom is 0.266 e. The highest BCUT2D eigenvalue weighted by atomic mass is 16.5. The van der Waals surface area contributed by atoms with Crippen LogP contribution in [-0.2, 0) is 5.41 Å². The van der Waals surface area contributed by atoms with Crippen LogP contribution in [0.4, 0.5) is 5.69 Å². The minimum atomic E-state index is -0.364. The quantitative estimate of drug-likeness (QED) is 0.161. The monoisotopic (exact) mass is 624 g/mol. The first-order valence-electron chi connectivity index (χ1n) is 15.4. The largest absolute Gasteiger partial charge is 0.457 e. The molecule has 0 saturated heterocycles. The third-order valence-corrected chi connectivity index (χ3v) is 8.61. The summed E-state index contributed by atoms with van der Waals surface area (Å²) >= 11 is 0. The first-order valence-corrected chi connectivity index (χ1v) is 15.4. The van der Waals surface area contributed by atoms with Gasteiger partial charge in [-0.1, -0.05) is 55.8 Å². The second-order valence-electron chi connectivity index (χ2n) is 12.5. The van der Waals surface area contributed by atoms with Gasteiger partial charge in [0.2, 0.25) is 0 Å². The van der Waals surface area contributed by atoms with Gasteiger partial charge in [0, 0.05) is 25.1 Å². The zero-order chi connectivity index (χ0) is 33.5. The Morgan fingerprint density at radius 1 is 0.617 bits per heavy atom. The molecule has 0 radical (unpaired) electrons. The lowest BCUT2D eigenvalue weighted by Crippen LogP contribution is -2.29. The number of carbonyl (C=O) groups excluding carboxylic acids is 3. The average molecular weight is 625 g/mol. The number of ether oxygens (including phenoxy) is 2. The van der Waals surface area contributed by atoms with Crippen molar-refractivity contribution in [1.82, 2.24) is 4.90 Å². The lowest BCUT2D eigenvalue weighted by Gasteiger charge is -2.26. The minimum Gasteiger partial charge on any atom is -0.457 e. The van der Waals surface area contributed by atoms with E-state index in [0.29, 0.717) is 45.4 Å². The van der Waals surface area contributed by atoms with Crippen LogP contribution < -0.4 is 14.4 Å². The number of carbonyl (C=O) groups is 3. The highest BCUT2D eigenvalue weighted by Gasteiger charge is 2.37. The van der Waals surface area contributed by atoms with Crippen molar-refractivity contribution in [3.63, 3.8) is 0 Å². The molecule has 1 heterocycles. The van der Waals surface area contributed by atoms with Crippen molar-refractivity contribution < 1.29 is 23.9 Å². The van der Waals surface area contributed by atoms with Gasteiger partial charge in [0.25, 0.3) is 17.7 Å². The molecule has 0 aromatic heterocycles. The number of amides is 3. The fourth-order valence-corrected chi connectivity index (χ4v) is 5.71. The summed E-state index contributed by atoms with van der Waals surface area (Å²) in [5, 5.41) is 0. The Bertz CT molecular complexity index is 1990. The van der Waals surface area contributed by atoms with Crippen molar-refractivity contribution in [2.45, 2.75) is 33.1 Å². The van der Waals surface area contributed by atoms with Crippen molar-refractivity contribution in [2.24, 2.45) is 0 Å². The molecule has 1 aliphatic heterocycles. The second kappa shape index (κ2) is 12.2. The van der Waals surface area contributed by atoms with Gasteiger partial charge in [0.15, 0.2) is 0 Å². The van der Waals surface area contributed by atoms with Gasteiger partial charge in [-0.05, 0) is 103 Å². The van der Waals surface area contributed by atoms with E-state index in [-0.39, 0.29) is 23.1 Å². The van der Waals surface area contributed by atoms with Gasteiger partial charge in [-0.25, -0.2) is 4.90 Å². The van der Waals surface area contributed by atoms with Crippen LogP contribution in [0.25, 0.3) is 0 Å². The van der Waals surface area contributed by atoms with E-state index in [4.69, 9.17) is 9.47 Å². The molecule has 3 amide bonds. The standard InChI is InChI=1S/C40H36N2O5/c1-25-7-13-29(14-8-25)42-38(44)35-22-20-33(24-36(35)39(42)45)47-31-17-11-28(12-18-31)40(3,4)27-9-15-30(16-10-27)46-32-19-21-34(26(2)23-32)37(43)41(5)6/h7-24H,1-6H3. The fourth-order valence-electron chi connectivity index (χ4n) is 5.71. The van der Waals surface area contributed by atoms with E-state index in [1.54, 1.807) is 55.4 Å². The fraction of sp³-hybridized carbons (Fsp3) is 0.175. The van der Waals surface area contributed by atoms with Crippen molar-refractivity contribution in [2.75, 3.05) is 19.0 Å². The van der Waals surface area contributed by atoms with Gasteiger partial charge in [-0.2, -0.15) is 0 Å². The second-order valence-corrected chi connectivity index (χ2v) is 12.5. The molecule has 236 valence electrons. The van der Waals surface area contributed by atoms with Crippen molar-refractivity contribution in [3.05, 3.63) is 148 Å². The van der Waals surface area contributed by atoms with Crippen LogP contribution in [0.3, 0.4) is 0 Å². The SMILES string of the molecule is Cc1ccc(N2C(=O)c3ccc(Oc4ccc(C(C)(C)c5ccc(Oc6ccc(C(=O)N(C)C)c(C)c6)cc5)cc4)cc3C2=O)cc1. The normalized spacial score (nSPS) is 12.6. The molecule has 0 spiro atoms. The molecule has 0 N–H and O–H groups in total. The van der Waals surface area contributed by atoms with Gasteiger partial charge < -0.3 is 14.4 Å². The van der Waals surface area contributed by atoms with E-state index in [9.17, 15) is 14.4 Å². The van der Waals surface area contributed by atoms with Crippen LogP contribution in [-0.4, -0.2) is 36.7 Å². The third-order valence-electron chi connectivity index (χ3n) is 8.61. The third kappa shape index (κ3) is 6.12. The molecule has 0 saturated carbocycles. The molecule has 5 aromatic carbocycles. The summed E-state index contributed by atoms with van der Waals surface area (Å²) in [5.74, 6) is 1.73. The number of hydrogen-bond donors (Lipinski definition) is 0. The van der Waals surface area contributed by atoms with Gasteiger partial charge in [-0.15, -0.1) is 0 Å². The smallest absolute Gasteiger partial charge is 0.266 e. The first-order chi connectivity index (χ1) is 22.4. The Balaban J connectivity index is 1.13. The molecule has 7 nitrogen and oxygen atoms in total. The van der Waals surface area contributed by atoms with Gasteiger partial charge >= 0.3 is 0 Å². The Morgan fingerprint density at radius 3 is 1.64 bits per heavy atom. The van der Waals surface area contributed by atoms with Crippen LogP contribution in [0, 0.1) is 13.8 Å². The highest BCUT2D eigenvalue weighted by Crippen LogP contribution is 2.36. The number of benzene rings is 5. The summed E-state index contributed by atoms with van der Waals surface area (Å²) < 4.78 is 12.2. The van der Waals surface area contributed by atoms with Crippen LogP contribution in [0.1, 0.15) is 67.2 Å². The van der Waals surface area contributed by atoms with Crippen molar-refractivity contribution in [3.8, 4) is 23.0 Å². The molecule has 7 heteroatoms. The summed E-state index contributed by atoms with van der Waals surface area (Å²) in [6, 6.07) is 33.6. The molecule has 6 rings (SSSR count). The predicted octanol–water partition coefficient (Wildman–Crippen LogP) is 8.72. The summed E-state index contributed by atoms with van der Waals surface area (Å²) in [4.78, 5) is 41.3. The summed E-state index contributed by atoms with van der Waals surface area (Å²) in [5.41, 5.74) is 5.69. The highest BCUT2D eigenvalue weighted by molar-refractivity contribution is 6.34. The first kappa shape index (κ1) is 31.3. The van der Waals surface area contributed by atoms with E-state index in [1.807, 2.05) is 74.5 Å². The van der Waals surface area contributed by atoms with Crippen LogP contribution in [0.15, 0.2) is 109 Å². The summed E-state index contributed by atoms with van der Waals surface area (Å²) in [6.07, 6.45) is 0. The number of nitrogens with zero attached hydrogens (tertiary/aromatic N) is 2. The predicted molar refractivity (Wildman–Crippen MR) is 183 cm³/mol. The zero-order valence-corrected chi connectivity index (χ0v) is 27.3. The molecule has 0 unspecified atom stereocenters. The van der Waals surface area contributed by atoms with Gasteiger partial charge in [0.1, 0.15) is 23.0 Å². The van der Waals surface area contributed by atoms with E-state index in [2.05, 4.69) is 26.0 Å². The minimum absolute atomic E-state index is 0.0386. The number of hydrogen-bond acceptors (Lipinski definition) is 5. The molecule has 0 aliphatic carbocycles. The van der Waals surface area contributed by atoms with E-state index >= 15 is 0 Å². The van der Waals surface area contributed by atoms with Crippen molar-refractivity contribution >= 4 is 23.4 Å². The van der Waals surface area contributed by atoms with Crippen LogP contribution in [0.5, 0.6) is 23.0 Å². The maximum atomic E-state index is 13.2. The number of aryl methyl sites for hydroxylation is 2. The van der Waals surface area contributed by atoms with Crippen molar-refractivity contribution in [1.29, 1.82) is 0 Å². The van der Waals surface area contributed by atoms with Gasteiger partial charge in [0.05, 0.1) is 16.8 Å². The van der Waals surface area contributed by atoms with Crippen LogP contribution >= 0.6 is 0 Å². The molecule has 0 atom stereocenters. The lowest BCUT2D eigenvalue weighted by molar-refractivity contribution is 0.0825. The molecule has 47 heavy (non-hydrogen) atoms. The van der Waals surface area contributed by atoms with Gasteiger partial charge in [-0.3, -0.25) is 14.4 Å². The molecule has 1 aliphatic rings. The number of imide groups is 1. The maximum absolute atomic E-state index is 13.2. The average Bonchev–Trinajstić information content (AvgIpc) is 3.30. The summed E-state index contributed by atoms with van der Waals surface area (Å²) in [7, 11) is 3.48. The summed E-state index contributed by atoms with van der Waals surface area (Å²) in [6.45, 7) is 8.18. The molecular weight excluding hydrogens is 588 g/mol. The Kier molecular flexibility index (Phi) is 8.16. The topological polar surface area (TPSA) is 76.2 Å². The van der Waals surface area contributed by atoms with Crippen LogP contribution in [0.2, 0.25) is 0 Å². The Labute approximate surface area is 275 Å². The van der Waals surface area contributed by atoms with E-state index in [1.165, 1.54) is 4.90 Å². The molecule has 5 aromatic rings. The molecule has 0 bridgehead atoms.